The van der Waals surface area contributed by atoms with Crippen LogP contribution in [0.5, 0.6) is 5.75 Å². The van der Waals surface area contributed by atoms with E-state index in [4.69, 9.17) is 0 Å². The van der Waals surface area contributed by atoms with Gasteiger partial charge in [0, 0.05) is 0 Å². The van der Waals surface area contributed by atoms with Crippen molar-refractivity contribution in [2.75, 3.05) is 0 Å². The molecule has 1 aliphatic carbocycles. The summed E-state index contributed by atoms with van der Waals surface area (Å²) >= 11 is 0. The van der Waals surface area contributed by atoms with Gasteiger partial charge in [-0.1, -0.05) is 25.0 Å². The number of rotatable bonds is 2. The normalized spacial score (nSPS) is 23.7. The Labute approximate surface area is 107 Å². The van der Waals surface area contributed by atoms with Crippen molar-refractivity contribution in [3.8, 4) is 5.75 Å². The third-order valence-corrected chi connectivity index (χ3v) is 3.53. The van der Waals surface area contributed by atoms with E-state index in [2.05, 4.69) is 5.32 Å². The number of aromatic hydroxyl groups is 1. The summed E-state index contributed by atoms with van der Waals surface area (Å²) in [6, 6.07) is 4.88. The van der Waals surface area contributed by atoms with Gasteiger partial charge in [0.05, 0.1) is 17.7 Å². The van der Waals surface area contributed by atoms with E-state index >= 15 is 0 Å². The van der Waals surface area contributed by atoms with Gasteiger partial charge in [0.1, 0.15) is 5.75 Å². The smallest absolute Gasteiger partial charge is 0.255 e. The highest BCUT2D eigenvalue weighted by atomic mass is 16.3. The number of hydrogen-bond acceptors (Lipinski definition) is 3. The second kappa shape index (κ2) is 5.40. The van der Waals surface area contributed by atoms with E-state index in [1.165, 1.54) is 0 Å². The van der Waals surface area contributed by atoms with E-state index in [1.54, 1.807) is 25.1 Å². The maximum Gasteiger partial charge on any atom is 0.255 e. The zero-order valence-corrected chi connectivity index (χ0v) is 10.5. The molecule has 2 atom stereocenters. The Morgan fingerprint density at radius 1 is 1.33 bits per heavy atom. The van der Waals surface area contributed by atoms with Gasteiger partial charge in [-0.05, 0) is 31.4 Å². The molecule has 1 amide bonds. The molecule has 0 aromatic heterocycles. The number of hydrogen-bond donors (Lipinski definition) is 3. The van der Waals surface area contributed by atoms with Gasteiger partial charge in [0.25, 0.3) is 5.91 Å². The summed E-state index contributed by atoms with van der Waals surface area (Å²) in [6.07, 6.45) is 3.06. The number of amides is 1. The first-order valence-corrected chi connectivity index (χ1v) is 6.37. The highest BCUT2D eigenvalue weighted by molar-refractivity contribution is 5.97. The Bertz CT molecular complexity index is 445. The molecule has 1 aromatic rings. The fourth-order valence-electron chi connectivity index (χ4n) is 2.37. The molecule has 4 nitrogen and oxygen atoms in total. The SMILES string of the molecule is Cc1cccc(C(=O)NC2CCCCC2O)c1O. The van der Waals surface area contributed by atoms with Crippen LogP contribution in [0.4, 0.5) is 0 Å². The predicted octanol–water partition coefficient (Wildman–Crippen LogP) is 1.73. The number of aryl methyl sites for hydroxylation is 1. The first-order valence-electron chi connectivity index (χ1n) is 6.37. The van der Waals surface area contributed by atoms with E-state index in [0.717, 1.165) is 25.7 Å². The van der Waals surface area contributed by atoms with Gasteiger partial charge in [0.15, 0.2) is 0 Å². The van der Waals surface area contributed by atoms with Crippen LogP contribution >= 0.6 is 0 Å². The lowest BCUT2D eigenvalue weighted by Crippen LogP contribution is -2.45. The molecule has 0 radical (unpaired) electrons. The number of aliphatic hydroxyl groups is 1. The topological polar surface area (TPSA) is 69.6 Å². The number of carbonyl (C=O) groups excluding carboxylic acids is 1. The lowest BCUT2D eigenvalue weighted by molar-refractivity contribution is 0.0715. The number of carbonyl (C=O) groups is 1. The molecular formula is C14H19NO3. The maximum absolute atomic E-state index is 12.0. The zero-order valence-electron chi connectivity index (χ0n) is 10.5. The molecule has 1 aliphatic rings. The van der Waals surface area contributed by atoms with Gasteiger partial charge < -0.3 is 15.5 Å². The van der Waals surface area contributed by atoms with Crippen molar-refractivity contribution in [2.24, 2.45) is 0 Å². The molecule has 0 aliphatic heterocycles. The Morgan fingerprint density at radius 3 is 2.78 bits per heavy atom. The summed E-state index contributed by atoms with van der Waals surface area (Å²) < 4.78 is 0. The summed E-state index contributed by atoms with van der Waals surface area (Å²) in [5.41, 5.74) is 0.944. The monoisotopic (exact) mass is 249 g/mol. The Morgan fingerprint density at radius 2 is 2.06 bits per heavy atom. The van der Waals surface area contributed by atoms with Crippen LogP contribution in [0.1, 0.15) is 41.6 Å². The third kappa shape index (κ3) is 2.64. The maximum atomic E-state index is 12.0. The molecule has 0 saturated heterocycles. The molecule has 0 spiro atoms. The molecular weight excluding hydrogens is 230 g/mol. The number of aliphatic hydroxyl groups excluding tert-OH is 1. The van der Waals surface area contributed by atoms with Gasteiger partial charge in [-0.2, -0.15) is 0 Å². The Hall–Kier alpha value is -1.55. The Balaban J connectivity index is 2.09. The number of para-hydroxylation sites is 1. The van der Waals surface area contributed by atoms with Gasteiger partial charge >= 0.3 is 0 Å². The molecule has 1 aromatic carbocycles. The average Bonchev–Trinajstić information content (AvgIpc) is 2.35. The highest BCUT2D eigenvalue weighted by Gasteiger charge is 2.25. The van der Waals surface area contributed by atoms with Crippen molar-refractivity contribution in [3.63, 3.8) is 0 Å². The summed E-state index contributed by atoms with van der Waals surface area (Å²) in [6.45, 7) is 1.75. The molecule has 98 valence electrons. The quantitative estimate of drug-likeness (QED) is 0.747. The number of nitrogens with one attached hydrogen (secondary N) is 1. The van der Waals surface area contributed by atoms with Crippen molar-refractivity contribution in [2.45, 2.75) is 44.8 Å². The van der Waals surface area contributed by atoms with Crippen LogP contribution in [0.15, 0.2) is 18.2 Å². The van der Waals surface area contributed by atoms with Gasteiger partial charge in [-0.3, -0.25) is 4.79 Å². The van der Waals surface area contributed by atoms with Crippen LogP contribution in [0.3, 0.4) is 0 Å². The summed E-state index contributed by atoms with van der Waals surface area (Å²) in [5, 5.41) is 22.5. The van der Waals surface area contributed by atoms with Crippen molar-refractivity contribution in [1.29, 1.82) is 0 Å². The van der Waals surface area contributed by atoms with Crippen molar-refractivity contribution in [1.82, 2.24) is 5.32 Å². The first kappa shape index (κ1) is 12.9. The molecule has 2 rings (SSSR count). The second-order valence-corrected chi connectivity index (χ2v) is 4.90. The van der Waals surface area contributed by atoms with Crippen molar-refractivity contribution < 1.29 is 15.0 Å². The van der Waals surface area contributed by atoms with Crippen LogP contribution in [-0.4, -0.2) is 28.3 Å². The molecule has 18 heavy (non-hydrogen) atoms. The van der Waals surface area contributed by atoms with Crippen LogP contribution in [0.2, 0.25) is 0 Å². The summed E-state index contributed by atoms with van der Waals surface area (Å²) in [4.78, 5) is 12.0. The zero-order chi connectivity index (χ0) is 13.1. The molecule has 3 N–H and O–H groups in total. The summed E-state index contributed by atoms with van der Waals surface area (Å²) in [5.74, 6) is -0.303. The van der Waals surface area contributed by atoms with E-state index in [0.29, 0.717) is 5.56 Å². The molecule has 1 fully saturated rings. The molecule has 1 saturated carbocycles. The number of phenols is 1. The molecule has 0 bridgehead atoms. The van der Waals surface area contributed by atoms with Crippen LogP contribution in [0, 0.1) is 6.92 Å². The van der Waals surface area contributed by atoms with Crippen molar-refractivity contribution >= 4 is 5.91 Å². The van der Waals surface area contributed by atoms with E-state index in [1.807, 2.05) is 0 Å². The average molecular weight is 249 g/mol. The summed E-state index contributed by atoms with van der Waals surface area (Å²) in [7, 11) is 0. The third-order valence-electron chi connectivity index (χ3n) is 3.53. The molecule has 0 heterocycles. The van der Waals surface area contributed by atoms with E-state index in [-0.39, 0.29) is 23.3 Å². The minimum Gasteiger partial charge on any atom is -0.507 e. The van der Waals surface area contributed by atoms with Crippen LogP contribution in [-0.2, 0) is 0 Å². The fraction of sp³-hybridized carbons (Fsp3) is 0.500. The van der Waals surface area contributed by atoms with E-state index < -0.39 is 6.10 Å². The van der Waals surface area contributed by atoms with E-state index in [9.17, 15) is 15.0 Å². The van der Waals surface area contributed by atoms with Crippen LogP contribution in [0.25, 0.3) is 0 Å². The number of phenolic OH excluding ortho intramolecular Hbond substituents is 1. The molecule has 4 heteroatoms. The largest absolute Gasteiger partial charge is 0.507 e. The first-order chi connectivity index (χ1) is 8.59. The van der Waals surface area contributed by atoms with Gasteiger partial charge in [-0.25, -0.2) is 0 Å². The molecule has 2 unspecified atom stereocenters. The minimum atomic E-state index is -0.477. The lowest BCUT2D eigenvalue weighted by Gasteiger charge is -2.28. The second-order valence-electron chi connectivity index (χ2n) is 4.90. The van der Waals surface area contributed by atoms with Crippen molar-refractivity contribution in [3.05, 3.63) is 29.3 Å². The standard InChI is InChI=1S/C14H19NO3/c1-9-5-4-6-10(13(9)17)14(18)15-11-7-2-3-8-12(11)16/h4-6,11-12,16-17H,2-3,7-8H2,1H3,(H,15,18). The van der Waals surface area contributed by atoms with Gasteiger partial charge in [0.2, 0.25) is 0 Å². The predicted molar refractivity (Wildman–Crippen MR) is 68.6 cm³/mol. The lowest BCUT2D eigenvalue weighted by atomic mass is 9.92. The number of benzene rings is 1. The van der Waals surface area contributed by atoms with Gasteiger partial charge in [-0.15, -0.1) is 0 Å². The van der Waals surface area contributed by atoms with Crippen LogP contribution < -0.4 is 5.32 Å². The highest BCUT2D eigenvalue weighted by Crippen LogP contribution is 2.23. The Kier molecular flexibility index (Phi) is 3.87. The minimum absolute atomic E-state index is 0.0142. The fourth-order valence-corrected chi connectivity index (χ4v) is 2.37.